The summed E-state index contributed by atoms with van der Waals surface area (Å²) in [6, 6.07) is 0.228. The molecule has 20 heavy (non-hydrogen) atoms. The Kier molecular flexibility index (Phi) is 3.59. The minimum Gasteiger partial charge on any atom is -0.481 e. The first-order valence-electron chi connectivity index (χ1n) is 7.49. The number of aliphatic carboxylic acids is 1. The molecular formula is C15H21N3O2. The number of fused-ring (bicyclic) bond motifs is 1. The van der Waals surface area contributed by atoms with Crippen LogP contribution in [0.25, 0.3) is 0 Å². The average Bonchev–Trinajstić information content (AvgIpc) is 2.46. The van der Waals surface area contributed by atoms with Crippen LogP contribution in [0.2, 0.25) is 0 Å². The Morgan fingerprint density at radius 2 is 2.15 bits per heavy atom. The maximum atomic E-state index is 11.1. The van der Waals surface area contributed by atoms with Crippen molar-refractivity contribution < 1.29 is 9.90 Å². The number of carbonyl (C=O) groups is 1. The Morgan fingerprint density at radius 1 is 1.35 bits per heavy atom. The lowest BCUT2D eigenvalue weighted by molar-refractivity contribution is -0.142. The van der Waals surface area contributed by atoms with Gasteiger partial charge in [-0.25, -0.2) is 9.97 Å². The molecule has 1 fully saturated rings. The van der Waals surface area contributed by atoms with Crippen molar-refractivity contribution >= 4 is 11.8 Å². The van der Waals surface area contributed by atoms with Crippen molar-refractivity contribution in [2.45, 2.75) is 51.5 Å². The molecule has 0 radical (unpaired) electrons. The monoisotopic (exact) mass is 275 g/mol. The Morgan fingerprint density at radius 3 is 2.90 bits per heavy atom. The van der Waals surface area contributed by atoms with Gasteiger partial charge in [0.05, 0.1) is 5.92 Å². The maximum Gasteiger partial charge on any atom is 0.306 e. The van der Waals surface area contributed by atoms with E-state index in [-0.39, 0.29) is 12.0 Å². The summed E-state index contributed by atoms with van der Waals surface area (Å²) in [7, 11) is 0. The second-order valence-corrected chi connectivity index (χ2v) is 5.93. The highest BCUT2D eigenvalue weighted by Gasteiger charge is 2.32. The van der Waals surface area contributed by atoms with E-state index in [9.17, 15) is 4.79 Å². The van der Waals surface area contributed by atoms with Crippen LogP contribution in [0.5, 0.6) is 0 Å². The fraction of sp³-hybridized carbons (Fsp3) is 0.667. The van der Waals surface area contributed by atoms with E-state index < -0.39 is 5.97 Å². The van der Waals surface area contributed by atoms with E-state index in [0.29, 0.717) is 12.8 Å². The third kappa shape index (κ3) is 2.37. The van der Waals surface area contributed by atoms with Gasteiger partial charge in [-0.05, 0) is 45.4 Å². The predicted octanol–water partition coefficient (Wildman–Crippen LogP) is 2.04. The van der Waals surface area contributed by atoms with Crippen molar-refractivity contribution in [3.63, 3.8) is 0 Å². The highest BCUT2D eigenvalue weighted by molar-refractivity contribution is 5.70. The molecule has 1 N–H and O–H groups in total. The zero-order valence-electron chi connectivity index (χ0n) is 11.9. The Balaban J connectivity index is 1.85. The summed E-state index contributed by atoms with van der Waals surface area (Å²) in [4.78, 5) is 22.3. The molecule has 0 amide bonds. The molecule has 5 nitrogen and oxygen atoms in total. The van der Waals surface area contributed by atoms with E-state index in [1.165, 1.54) is 24.1 Å². The molecule has 1 aliphatic carbocycles. The summed E-state index contributed by atoms with van der Waals surface area (Å²) in [6.07, 6.45) is 7.58. The van der Waals surface area contributed by atoms with Crippen LogP contribution in [0.4, 0.5) is 5.82 Å². The maximum absolute atomic E-state index is 11.1. The van der Waals surface area contributed by atoms with Crippen molar-refractivity contribution in [2.75, 3.05) is 11.4 Å². The Bertz CT molecular complexity index is 518. The van der Waals surface area contributed by atoms with E-state index in [1.807, 2.05) is 0 Å². The van der Waals surface area contributed by atoms with Crippen LogP contribution in [0, 0.1) is 5.92 Å². The number of nitrogens with zero attached hydrogens (tertiary/aromatic N) is 3. The highest BCUT2D eigenvalue weighted by Crippen LogP contribution is 2.32. The zero-order chi connectivity index (χ0) is 14.1. The van der Waals surface area contributed by atoms with Crippen molar-refractivity contribution in [3.05, 3.63) is 17.6 Å². The minimum absolute atomic E-state index is 0.209. The van der Waals surface area contributed by atoms with Crippen molar-refractivity contribution in [2.24, 2.45) is 5.92 Å². The normalized spacial score (nSPS) is 26.1. The van der Waals surface area contributed by atoms with Gasteiger partial charge >= 0.3 is 5.97 Å². The summed E-state index contributed by atoms with van der Waals surface area (Å²) < 4.78 is 0. The summed E-state index contributed by atoms with van der Waals surface area (Å²) in [6.45, 7) is 2.88. The summed E-state index contributed by atoms with van der Waals surface area (Å²) >= 11 is 0. The highest BCUT2D eigenvalue weighted by atomic mass is 16.4. The standard InChI is InChI=1S/C15H21N3O2/c1-10-8-11(15(19)20)6-7-18(10)14-12-4-2-3-5-13(12)16-9-17-14/h9-11H,2-8H2,1H3,(H,19,20). The first kappa shape index (κ1) is 13.3. The van der Waals surface area contributed by atoms with E-state index in [1.54, 1.807) is 6.33 Å². The zero-order valence-corrected chi connectivity index (χ0v) is 11.9. The molecule has 5 heteroatoms. The molecule has 1 aromatic rings. The first-order valence-corrected chi connectivity index (χ1v) is 7.49. The molecule has 3 rings (SSSR count). The molecule has 0 aromatic carbocycles. The summed E-state index contributed by atoms with van der Waals surface area (Å²) in [5.41, 5.74) is 2.48. The quantitative estimate of drug-likeness (QED) is 0.894. The molecule has 2 aliphatic rings. The fourth-order valence-corrected chi connectivity index (χ4v) is 3.46. The third-order valence-corrected chi connectivity index (χ3v) is 4.60. The molecule has 2 heterocycles. The van der Waals surface area contributed by atoms with Crippen LogP contribution in [0.1, 0.15) is 43.9 Å². The van der Waals surface area contributed by atoms with Gasteiger partial charge in [0.25, 0.3) is 0 Å². The molecule has 0 spiro atoms. The van der Waals surface area contributed by atoms with Crippen molar-refractivity contribution in [1.82, 2.24) is 9.97 Å². The van der Waals surface area contributed by atoms with Gasteiger partial charge in [-0.2, -0.15) is 0 Å². The SMILES string of the molecule is CC1CC(C(=O)O)CCN1c1ncnc2c1CCCC2. The molecule has 0 saturated carbocycles. The van der Waals surface area contributed by atoms with Gasteiger partial charge in [0, 0.05) is 23.8 Å². The van der Waals surface area contributed by atoms with E-state index in [4.69, 9.17) is 5.11 Å². The van der Waals surface area contributed by atoms with Crippen LogP contribution >= 0.6 is 0 Å². The molecule has 2 atom stereocenters. The van der Waals surface area contributed by atoms with Crippen molar-refractivity contribution in [3.8, 4) is 0 Å². The topological polar surface area (TPSA) is 66.3 Å². The number of rotatable bonds is 2. The number of anilines is 1. The number of piperidine rings is 1. The first-order chi connectivity index (χ1) is 9.66. The lowest BCUT2D eigenvalue weighted by Gasteiger charge is -2.38. The molecule has 0 bridgehead atoms. The van der Waals surface area contributed by atoms with Gasteiger partial charge in [-0.3, -0.25) is 4.79 Å². The molecule has 1 aromatic heterocycles. The number of aryl methyl sites for hydroxylation is 1. The smallest absolute Gasteiger partial charge is 0.306 e. The average molecular weight is 275 g/mol. The molecule has 1 saturated heterocycles. The van der Waals surface area contributed by atoms with Crippen LogP contribution in [-0.2, 0) is 17.6 Å². The molecular weight excluding hydrogens is 254 g/mol. The second-order valence-electron chi connectivity index (χ2n) is 5.93. The van der Waals surface area contributed by atoms with Crippen LogP contribution < -0.4 is 4.90 Å². The fourth-order valence-electron chi connectivity index (χ4n) is 3.46. The minimum atomic E-state index is -0.666. The largest absolute Gasteiger partial charge is 0.481 e. The number of hydrogen-bond acceptors (Lipinski definition) is 4. The van der Waals surface area contributed by atoms with Crippen LogP contribution in [0.3, 0.4) is 0 Å². The summed E-state index contributed by atoms with van der Waals surface area (Å²) in [5, 5.41) is 9.16. The van der Waals surface area contributed by atoms with Gasteiger partial charge in [-0.15, -0.1) is 0 Å². The summed E-state index contributed by atoms with van der Waals surface area (Å²) in [5.74, 6) is 0.172. The lowest BCUT2D eigenvalue weighted by atomic mass is 9.90. The van der Waals surface area contributed by atoms with Gasteiger partial charge in [0.1, 0.15) is 12.1 Å². The van der Waals surface area contributed by atoms with Gasteiger partial charge in [0.15, 0.2) is 0 Å². The number of aromatic nitrogens is 2. The lowest BCUT2D eigenvalue weighted by Crippen LogP contribution is -2.44. The van der Waals surface area contributed by atoms with Gasteiger partial charge in [0.2, 0.25) is 0 Å². The van der Waals surface area contributed by atoms with Crippen LogP contribution in [-0.4, -0.2) is 33.6 Å². The Hall–Kier alpha value is -1.65. The van der Waals surface area contributed by atoms with Gasteiger partial charge in [-0.1, -0.05) is 0 Å². The second kappa shape index (κ2) is 5.38. The van der Waals surface area contributed by atoms with E-state index in [2.05, 4.69) is 21.8 Å². The molecule has 2 unspecified atom stereocenters. The van der Waals surface area contributed by atoms with E-state index in [0.717, 1.165) is 25.2 Å². The number of carboxylic acid groups (broad SMARTS) is 1. The number of carboxylic acids is 1. The third-order valence-electron chi connectivity index (χ3n) is 4.60. The van der Waals surface area contributed by atoms with E-state index >= 15 is 0 Å². The number of hydrogen-bond donors (Lipinski definition) is 1. The van der Waals surface area contributed by atoms with Crippen molar-refractivity contribution in [1.29, 1.82) is 0 Å². The Labute approximate surface area is 119 Å². The van der Waals surface area contributed by atoms with Gasteiger partial charge < -0.3 is 10.0 Å². The van der Waals surface area contributed by atoms with Crippen LogP contribution in [0.15, 0.2) is 6.33 Å². The molecule has 108 valence electrons. The predicted molar refractivity (Wildman–Crippen MR) is 75.8 cm³/mol. The molecule has 1 aliphatic heterocycles.